The van der Waals surface area contributed by atoms with Crippen LogP contribution in [0, 0.1) is 0 Å². The van der Waals surface area contributed by atoms with Crippen molar-refractivity contribution in [3.63, 3.8) is 0 Å². The van der Waals surface area contributed by atoms with Gasteiger partial charge in [-0.2, -0.15) is 0 Å². The number of guanidine groups is 2. The fourth-order valence-corrected chi connectivity index (χ4v) is 1.74. The van der Waals surface area contributed by atoms with Crippen LogP contribution in [0.1, 0.15) is 20.3 Å². The van der Waals surface area contributed by atoms with E-state index in [-0.39, 0.29) is 6.17 Å². The number of aliphatic imine (C=N–C) groups is 2. The Morgan fingerprint density at radius 3 is 2.76 bits per heavy atom. The van der Waals surface area contributed by atoms with Crippen LogP contribution in [0.3, 0.4) is 0 Å². The lowest BCUT2D eigenvalue weighted by molar-refractivity contribution is 0.579. The van der Waals surface area contributed by atoms with Crippen molar-refractivity contribution >= 4 is 11.9 Å². The quantitative estimate of drug-likeness (QED) is 0.711. The summed E-state index contributed by atoms with van der Waals surface area (Å²) in [5.41, 5.74) is 2.46. The molecule has 2 N–H and O–H groups in total. The van der Waals surface area contributed by atoms with Crippen LogP contribution in [-0.2, 0) is 0 Å². The molecule has 1 aliphatic carbocycles. The van der Waals surface area contributed by atoms with Crippen LogP contribution in [0.4, 0.5) is 0 Å². The summed E-state index contributed by atoms with van der Waals surface area (Å²) < 4.78 is 0. The fraction of sp³-hybridized carbons (Fsp3) is 0.500. The van der Waals surface area contributed by atoms with Gasteiger partial charge in [0.2, 0.25) is 11.9 Å². The van der Waals surface area contributed by atoms with Gasteiger partial charge in [-0.1, -0.05) is 6.08 Å². The van der Waals surface area contributed by atoms with Crippen molar-refractivity contribution in [2.75, 3.05) is 14.1 Å². The molecule has 0 fully saturated rings. The van der Waals surface area contributed by atoms with E-state index in [0.29, 0.717) is 0 Å². The van der Waals surface area contributed by atoms with Gasteiger partial charge in [-0.25, -0.2) is 9.98 Å². The van der Waals surface area contributed by atoms with Gasteiger partial charge in [0, 0.05) is 19.8 Å². The number of nitrogens with zero attached hydrogens (tertiary/aromatic N) is 3. The molecule has 5 heteroatoms. The van der Waals surface area contributed by atoms with E-state index in [4.69, 9.17) is 0 Å². The van der Waals surface area contributed by atoms with Crippen LogP contribution in [0.2, 0.25) is 0 Å². The summed E-state index contributed by atoms with van der Waals surface area (Å²) in [7, 11) is 3.92. The maximum Gasteiger partial charge on any atom is 0.204 e. The third kappa shape index (κ3) is 2.67. The Hall–Kier alpha value is -1.78. The first-order chi connectivity index (χ1) is 8.06. The molecular weight excluding hydrogens is 214 g/mol. The third-order valence-electron chi connectivity index (χ3n) is 2.70. The molecule has 1 heterocycles. The van der Waals surface area contributed by atoms with Crippen LogP contribution >= 0.6 is 0 Å². The predicted molar refractivity (Wildman–Crippen MR) is 70.7 cm³/mol. The number of nitrogens with one attached hydrogen (secondary N) is 2. The fourth-order valence-electron chi connectivity index (χ4n) is 1.74. The Balaban J connectivity index is 2.08. The summed E-state index contributed by atoms with van der Waals surface area (Å²) in [4.78, 5) is 10.8. The molecule has 0 aromatic carbocycles. The summed E-state index contributed by atoms with van der Waals surface area (Å²) in [6.07, 6.45) is 5.19. The van der Waals surface area contributed by atoms with Crippen molar-refractivity contribution in [2.24, 2.45) is 9.98 Å². The standard InChI is InChI=1S/C12H19N5/c1-8-6-5-7-10(8)15-11-13-9(2)14-12(16-11)17(3)4/h5,7,9H,6H2,1-4H3,(H2,13,14,15,16). The average molecular weight is 233 g/mol. The summed E-state index contributed by atoms with van der Waals surface area (Å²) >= 11 is 0. The molecule has 0 amide bonds. The molecular formula is C12H19N5. The molecule has 0 aromatic heterocycles. The first-order valence-corrected chi connectivity index (χ1v) is 5.79. The van der Waals surface area contributed by atoms with Gasteiger partial charge >= 0.3 is 0 Å². The van der Waals surface area contributed by atoms with E-state index in [9.17, 15) is 0 Å². The van der Waals surface area contributed by atoms with Gasteiger partial charge in [-0.05, 0) is 31.9 Å². The van der Waals surface area contributed by atoms with Crippen LogP contribution in [0.25, 0.3) is 0 Å². The Morgan fingerprint density at radius 2 is 2.18 bits per heavy atom. The van der Waals surface area contributed by atoms with Crippen molar-refractivity contribution in [2.45, 2.75) is 26.4 Å². The lowest BCUT2D eigenvalue weighted by Gasteiger charge is -2.24. The van der Waals surface area contributed by atoms with E-state index < -0.39 is 0 Å². The van der Waals surface area contributed by atoms with E-state index in [1.165, 1.54) is 5.57 Å². The minimum atomic E-state index is -0.0533. The summed E-state index contributed by atoms with van der Waals surface area (Å²) in [6.45, 7) is 4.09. The Labute approximate surface area is 102 Å². The zero-order chi connectivity index (χ0) is 12.4. The van der Waals surface area contributed by atoms with Crippen molar-refractivity contribution in [1.29, 1.82) is 0 Å². The smallest absolute Gasteiger partial charge is 0.204 e. The normalized spacial score (nSPS) is 23.2. The molecule has 1 atom stereocenters. The zero-order valence-electron chi connectivity index (χ0n) is 10.8. The number of hydrogen-bond acceptors (Lipinski definition) is 5. The average Bonchev–Trinajstić information content (AvgIpc) is 2.63. The lowest BCUT2D eigenvalue weighted by Crippen LogP contribution is -2.49. The van der Waals surface area contributed by atoms with Gasteiger partial charge in [0.25, 0.3) is 0 Å². The van der Waals surface area contributed by atoms with Gasteiger partial charge in [0.05, 0.1) is 0 Å². The van der Waals surface area contributed by atoms with Gasteiger partial charge in [0.1, 0.15) is 6.17 Å². The molecule has 5 nitrogen and oxygen atoms in total. The highest BCUT2D eigenvalue weighted by molar-refractivity contribution is 6.00. The number of hydrogen-bond donors (Lipinski definition) is 2. The minimum absolute atomic E-state index is 0.0533. The van der Waals surface area contributed by atoms with Crippen LogP contribution in [0.5, 0.6) is 0 Å². The second-order valence-corrected chi connectivity index (χ2v) is 4.51. The molecule has 17 heavy (non-hydrogen) atoms. The number of rotatable bonds is 1. The molecule has 2 rings (SSSR count). The van der Waals surface area contributed by atoms with E-state index in [2.05, 4.69) is 39.7 Å². The SMILES string of the molecule is CC1=C(NC2=NC(C)N=C(N(C)C)N2)C=CC1. The second-order valence-electron chi connectivity index (χ2n) is 4.51. The van der Waals surface area contributed by atoms with Crippen molar-refractivity contribution < 1.29 is 0 Å². The maximum atomic E-state index is 4.42. The first-order valence-electron chi connectivity index (χ1n) is 5.79. The largest absolute Gasteiger partial charge is 0.349 e. The van der Waals surface area contributed by atoms with Crippen molar-refractivity contribution in [3.05, 3.63) is 23.4 Å². The van der Waals surface area contributed by atoms with E-state index in [1.54, 1.807) is 0 Å². The van der Waals surface area contributed by atoms with E-state index in [0.717, 1.165) is 24.0 Å². The van der Waals surface area contributed by atoms with Crippen LogP contribution in [0.15, 0.2) is 33.4 Å². The molecule has 0 bridgehead atoms. The molecule has 0 saturated carbocycles. The highest BCUT2D eigenvalue weighted by Gasteiger charge is 2.16. The second kappa shape index (κ2) is 4.61. The molecule has 92 valence electrons. The molecule has 0 spiro atoms. The molecule has 1 unspecified atom stereocenters. The Kier molecular flexibility index (Phi) is 3.17. The maximum absolute atomic E-state index is 4.42. The van der Waals surface area contributed by atoms with Crippen LogP contribution in [-0.4, -0.2) is 37.1 Å². The van der Waals surface area contributed by atoms with Gasteiger partial charge in [-0.15, -0.1) is 0 Å². The van der Waals surface area contributed by atoms with Crippen molar-refractivity contribution in [3.8, 4) is 0 Å². The predicted octanol–water partition coefficient (Wildman–Crippen LogP) is 1.03. The molecule has 0 radical (unpaired) electrons. The van der Waals surface area contributed by atoms with E-state index in [1.807, 2.05) is 25.9 Å². The monoisotopic (exact) mass is 233 g/mol. The van der Waals surface area contributed by atoms with Gasteiger partial charge < -0.3 is 10.2 Å². The van der Waals surface area contributed by atoms with Crippen molar-refractivity contribution in [1.82, 2.24) is 15.5 Å². The number of allylic oxidation sites excluding steroid dienone is 3. The first kappa shape index (κ1) is 11.7. The third-order valence-corrected chi connectivity index (χ3v) is 2.70. The van der Waals surface area contributed by atoms with E-state index >= 15 is 0 Å². The Bertz CT molecular complexity index is 428. The topological polar surface area (TPSA) is 52.0 Å². The highest BCUT2D eigenvalue weighted by Crippen LogP contribution is 2.15. The zero-order valence-corrected chi connectivity index (χ0v) is 10.8. The minimum Gasteiger partial charge on any atom is -0.349 e. The van der Waals surface area contributed by atoms with Gasteiger partial charge in [0.15, 0.2) is 0 Å². The molecule has 0 aromatic rings. The summed E-state index contributed by atoms with van der Waals surface area (Å²) in [5, 5.41) is 6.48. The Morgan fingerprint density at radius 1 is 1.41 bits per heavy atom. The lowest BCUT2D eigenvalue weighted by atomic mass is 10.2. The summed E-state index contributed by atoms with van der Waals surface area (Å²) in [5.74, 6) is 1.59. The van der Waals surface area contributed by atoms with Gasteiger partial charge in [-0.3, -0.25) is 5.32 Å². The highest BCUT2D eigenvalue weighted by atomic mass is 15.4. The molecule has 0 saturated heterocycles. The summed E-state index contributed by atoms with van der Waals surface area (Å²) in [6, 6.07) is 0. The molecule has 1 aliphatic heterocycles. The van der Waals surface area contributed by atoms with Crippen LogP contribution < -0.4 is 10.6 Å². The molecule has 2 aliphatic rings.